The zero-order chi connectivity index (χ0) is 14.5. The molecule has 0 fully saturated rings. The van der Waals surface area contributed by atoms with E-state index in [1.54, 1.807) is 24.3 Å². The van der Waals surface area contributed by atoms with Crippen LogP contribution in [0, 0.1) is 10.1 Å². The van der Waals surface area contributed by atoms with Gasteiger partial charge in [-0.2, -0.15) is 0 Å². The second kappa shape index (κ2) is 6.36. The molecular weight excluding hydrogens is 280 g/mol. The van der Waals surface area contributed by atoms with Crippen LogP contribution in [0.5, 0.6) is 5.75 Å². The van der Waals surface area contributed by atoms with Gasteiger partial charge in [-0.05, 0) is 17.7 Å². The first-order chi connectivity index (χ1) is 9.61. The maximum atomic E-state index is 11.0. The predicted octanol–water partition coefficient (Wildman–Crippen LogP) is 3.29. The Labute approximate surface area is 121 Å². The summed E-state index contributed by atoms with van der Waals surface area (Å²) in [6, 6.07) is 11.8. The summed E-state index contributed by atoms with van der Waals surface area (Å²) >= 11 is 6.02. The van der Waals surface area contributed by atoms with E-state index < -0.39 is 4.92 Å². The van der Waals surface area contributed by atoms with E-state index in [9.17, 15) is 10.1 Å². The number of nitrogens with two attached hydrogens (primary N) is 1. The van der Waals surface area contributed by atoms with Gasteiger partial charge in [0.2, 0.25) is 0 Å². The molecule has 0 spiro atoms. The van der Waals surface area contributed by atoms with Crippen LogP contribution >= 0.6 is 11.6 Å². The minimum absolute atomic E-state index is 0.0887. The van der Waals surface area contributed by atoms with Crippen molar-refractivity contribution in [2.45, 2.75) is 13.2 Å². The summed E-state index contributed by atoms with van der Waals surface area (Å²) in [7, 11) is 0. The first-order valence-electron chi connectivity index (χ1n) is 5.95. The van der Waals surface area contributed by atoms with Gasteiger partial charge >= 0.3 is 5.69 Å². The Bertz CT molecular complexity index is 632. The van der Waals surface area contributed by atoms with Gasteiger partial charge in [0.25, 0.3) is 0 Å². The number of hydrogen-bond acceptors (Lipinski definition) is 4. The lowest BCUT2D eigenvalue weighted by molar-refractivity contribution is -0.386. The van der Waals surface area contributed by atoms with E-state index in [2.05, 4.69) is 0 Å². The van der Waals surface area contributed by atoms with Gasteiger partial charge in [0.05, 0.1) is 4.92 Å². The SMILES string of the molecule is NCc1ccc([N+](=O)[O-])c(OCc2ccccc2Cl)c1. The van der Waals surface area contributed by atoms with Crippen LogP contribution in [0.3, 0.4) is 0 Å². The number of nitrogens with zero attached hydrogens (tertiary/aromatic N) is 1. The smallest absolute Gasteiger partial charge is 0.310 e. The molecule has 0 aliphatic rings. The van der Waals surface area contributed by atoms with E-state index in [0.29, 0.717) is 11.6 Å². The third-order valence-electron chi connectivity index (χ3n) is 2.80. The van der Waals surface area contributed by atoms with Crippen LogP contribution < -0.4 is 10.5 Å². The van der Waals surface area contributed by atoms with Crippen molar-refractivity contribution in [1.29, 1.82) is 0 Å². The largest absolute Gasteiger partial charge is 0.482 e. The third kappa shape index (κ3) is 3.26. The Morgan fingerprint density at radius 2 is 2.00 bits per heavy atom. The van der Waals surface area contributed by atoms with Crippen molar-refractivity contribution in [3.63, 3.8) is 0 Å². The number of ether oxygens (including phenoxy) is 1. The average Bonchev–Trinajstić information content (AvgIpc) is 2.46. The maximum Gasteiger partial charge on any atom is 0.310 e. The molecule has 2 rings (SSSR count). The van der Waals surface area contributed by atoms with Crippen molar-refractivity contribution in [3.05, 3.63) is 68.7 Å². The Kier molecular flexibility index (Phi) is 4.55. The number of hydrogen-bond donors (Lipinski definition) is 1. The fraction of sp³-hybridized carbons (Fsp3) is 0.143. The summed E-state index contributed by atoms with van der Waals surface area (Å²) < 4.78 is 5.53. The number of rotatable bonds is 5. The summed E-state index contributed by atoms with van der Waals surface area (Å²) in [5.41, 5.74) is 6.97. The molecule has 0 radical (unpaired) electrons. The fourth-order valence-corrected chi connectivity index (χ4v) is 1.91. The van der Waals surface area contributed by atoms with Gasteiger partial charge in [-0.3, -0.25) is 10.1 Å². The number of nitro benzene ring substituents is 1. The van der Waals surface area contributed by atoms with Gasteiger partial charge in [-0.25, -0.2) is 0 Å². The molecule has 0 saturated carbocycles. The molecule has 0 aliphatic heterocycles. The van der Waals surface area contributed by atoms with E-state index in [-0.39, 0.29) is 18.0 Å². The topological polar surface area (TPSA) is 78.4 Å². The molecule has 20 heavy (non-hydrogen) atoms. The molecule has 6 heteroatoms. The monoisotopic (exact) mass is 292 g/mol. The zero-order valence-electron chi connectivity index (χ0n) is 10.6. The lowest BCUT2D eigenvalue weighted by atomic mass is 10.2. The standard InChI is InChI=1S/C14H13ClN2O3/c15-12-4-2-1-3-11(12)9-20-14-7-10(8-16)5-6-13(14)17(18)19/h1-7H,8-9,16H2. The van der Waals surface area contributed by atoms with Crippen LogP contribution in [0.2, 0.25) is 5.02 Å². The van der Waals surface area contributed by atoms with Crippen molar-refractivity contribution in [2.75, 3.05) is 0 Å². The summed E-state index contributed by atoms with van der Waals surface area (Å²) in [6.07, 6.45) is 0. The molecule has 0 atom stereocenters. The molecule has 0 bridgehead atoms. The zero-order valence-corrected chi connectivity index (χ0v) is 11.3. The quantitative estimate of drug-likeness (QED) is 0.677. The molecule has 2 aromatic carbocycles. The molecule has 2 N–H and O–H groups in total. The Balaban J connectivity index is 2.24. The highest BCUT2D eigenvalue weighted by Crippen LogP contribution is 2.29. The first-order valence-corrected chi connectivity index (χ1v) is 6.33. The van der Waals surface area contributed by atoms with Gasteiger partial charge in [0, 0.05) is 23.2 Å². The van der Waals surface area contributed by atoms with Crippen LogP contribution in [0.1, 0.15) is 11.1 Å². The average molecular weight is 293 g/mol. The van der Waals surface area contributed by atoms with E-state index in [0.717, 1.165) is 11.1 Å². The van der Waals surface area contributed by atoms with E-state index in [4.69, 9.17) is 22.1 Å². The van der Waals surface area contributed by atoms with Crippen LogP contribution in [-0.4, -0.2) is 4.92 Å². The molecule has 2 aromatic rings. The minimum atomic E-state index is -0.484. The van der Waals surface area contributed by atoms with Gasteiger partial charge in [0.15, 0.2) is 5.75 Å². The Morgan fingerprint density at radius 3 is 2.65 bits per heavy atom. The van der Waals surface area contributed by atoms with Gasteiger partial charge in [-0.15, -0.1) is 0 Å². The van der Waals surface area contributed by atoms with Crippen LogP contribution in [-0.2, 0) is 13.2 Å². The Morgan fingerprint density at radius 1 is 1.25 bits per heavy atom. The molecular formula is C14H13ClN2O3. The molecule has 0 aliphatic carbocycles. The summed E-state index contributed by atoms with van der Waals surface area (Å²) in [5, 5.41) is 11.5. The highest BCUT2D eigenvalue weighted by atomic mass is 35.5. The Hall–Kier alpha value is -2.11. The van der Waals surface area contributed by atoms with E-state index in [1.165, 1.54) is 6.07 Å². The highest BCUT2D eigenvalue weighted by Gasteiger charge is 2.15. The molecule has 0 amide bonds. The summed E-state index contributed by atoms with van der Waals surface area (Å²) in [4.78, 5) is 10.5. The number of nitro groups is 1. The van der Waals surface area contributed by atoms with Crippen molar-refractivity contribution < 1.29 is 9.66 Å². The second-order valence-corrected chi connectivity index (χ2v) is 4.55. The van der Waals surface area contributed by atoms with Crippen molar-refractivity contribution in [1.82, 2.24) is 0 Å². The van der Waals surface area contributed by atoms with Gasteiger partial charge < -0.3 is 10.5 Å². The minimum Gasteiger partial charge on any atom is -0.482 e. The van der Waals surface area contributed by atoms with Crippen molar-refractivity contribution in [2.24, 2.45) is 5.73 Å². The van der Waals surface area contributed by atoms with Gasteiger partial charge in [-0.1, -0.05) is 35.9 Å². The van der Waals surface area contributed by atoms with Crippen molar-refractivity contribution in [3.8, 4) is 5.75 Å². The molecule has 5 nitrogen and oxygen atoms in total. The van der Waals surface area contributed by atoms with Crippen LogP contribution in [0.25, 0.3) is 0 Å². The molecule has 0 unspecified atom stereocenters. The first kappa shape index (κ1) is 14.3. The molecule has 0 heterocycles. The predicted molar refractivity (Wildman–Crippen MR) is 76.8 cm³/mol. The lowest BCUT2D eigenvalue weighted by Gasteiger charge is -2.09. The van der Waals surface area contributed by atoms with Crippen molar-refractivity contribution >= 4 is 17.3 Å². The molecule has 104 valence electrons. The summed E-state index contributed by atoms with van der Waals surface area (Å²) in [6.45, 7) is 0.453. The maximum absolute atomic E-state index is 11.0. The van der Waals surface area contributed by atoms with Gasteiger partial charge in [0.1, 0.15) is 6.61 Å². The summed E-state index contributed by atoms with van der Waals surface area (Å²) in [5.74, 6) is 0.192. The van der Waals surface area contributed by atoms with Crippen LogP contribution in [0.15, 0.2) is 42.5 Å². The highest BCUT2D eigenvalue weighted by molar-refractivity contribution is 6.31. The van der Waals surface area contributed by atoms with E-state index in [1.807, 2.05) is 12.1 Å². The number of halogens is 1. The van der Waals surface area contributed by atoms with E-state index >= 15 is 0 Å². The third-order valence-corrected chi connectivity index (χ3v) is 3.17. The molecule has 0 aromatic heterocycles. The molecule has 0 saturated heterocycles. The number of benzene rings is 2. The second-order valence-electron chi connectivity index (χ2n) is 4.14. The lowest BCUT2D eigenvalue weighted by Crippen LogP contribution is -2.02. The van der Waals surface area contributed by atoms with Crippen LogP contribution in [0.4, 0.5) is 5.69 Å². The normalized spacial score (nSPS) is 10.3. The fourth-order valence-electron chi connectivity index (χ4n) is 1.72.